The Morgan fingerprint density at radius 2 is 1.80 bits per heavy atom. The predicted molar refractivity (Wildman–Crippen MR) is 89.3 cm³/mol. The Balaban J connectivity index is 1.74. The van der Waals surface area contributed by atoms with Gasteiger partial charge < -0.3 is 14.5 Å². The molecule has 144 valence electrons. The van der Waals surface area contributed by atoms with Gasteiger partial charge in [-0.25, -0.2) is 4.79 Å². The highest BCUT2D eigenvalue weighted by molar-refractivity contribution is 7.87. The van der Waals surface area contributed by atoms with Crippen molar-refractivity contribution in [1.82, 2.24) is 14.7 Å². The fourth-order valence-electron chi connectivity index (χ4n) is 2.88. The van der Waals surface area contributed by atoms with Crippen LogP contribution in [-0.4, -0.2) is 91.8 Å². The second-order valence-corrected chi connectivity index (χ2v) is 9.07. The summed E-state index contributed by atoms with van der Waals surface area (Å²) in [5, 5.41) is -1.25. The fourth-order valence-corrected chi connectivity index (χ4v) is 3.58. The maximum Gasteiger partial charge on any atom is 0.410 e. The Hall–Kier alpha value is -1.42. The number of carbonyl (C=O) groups is 2. The summed E-state index contributed by atoms with van der Waals surface area (Å²) in [7, 11) is -4.68. The van der Waals surface area contributed by atoms with Gasteiger partial charge in [0.1, 0.15) is 10.9 Å². The Morgan fingerprint density at radius 1 is 1.20 bits per heavy atom. The summed E-state index contributed by atoms with van der Waals surface area (Å²) in [5.41, 5.74) is -0.530. The maximum atomic E-state index is 13.0. The lowest BCUT2D eigenvalue weighted by Crippen LogP contribution is -2.51. The molecule has 2 fully saturated rings. The van der Waals surface area contributed by atoms with Gasteiger partial charge in [-0.05, 0) is 20.8 Å². The van der Waals surface area contributed by atoms with Gasteiger partial charge in [-0.1, -0.05) is 0 Å². The van der Waals surface area contributed by atoms with Crippen LogP contribution in [0.1, 0.15) is 27.2 Å². The molecule has 0 bridgehead atoms. The standard InChI is InChI=1S/C15H26FN3O5S/c1-15(2,3)24-14(21)18-7-4-17(5-8-18)6-9-19-11-12(10-13(19)20)25(16,22)23/h12H,4-11H2,1-3H3. The SMILES string of the molecule is CC(C)(C)OC(=O)N1CCN(CCN2CC(S(=O)(=O)F)CC2=O)CC1. The molecule has 0 spiro atoms. The molecule has 1 unspecified atom stereocenters. The van der Waals surface area contributed by atoms with Crippen LogP contribution in [0, 0.1) is 0 Å². The van der Waals surface area contributed by atoms with Crippen LogP contribution in [0.4, 0.5) is 8.68 Å². The van der Waals surface area contributed by atoms with Crippen molar-refractivity contribution < 1.29 is 26.6 Å². The molecule has 2 aliphatic heterocycles. The first-order chi connectivity index (χ1) is 11.5. The molecule has 0 aromatic carbocycles. The minimum atomic E-state index is -4.68. The molecule has 0 saturated carbocycles. The molecule has 0 radical (unpaired) electrons. The predicted octanol–water partition coefficient (Wildman–Crippen LogP) is 0.439. The summed E-state index contributed by atoms with van der Waals surface area (Å²) in [6.07, 6.45) is -0.622. The second kappa shape index (κ2) is 7.45. The van der Waals surface area contributed by atoms with Gasteiger partial charge >= 0.3 is 16.3 Å². The number of likely N-dealkylation sites (tertiary alicyclic amines) is 1. The molecule has 1 atom stereocenters. The average Bonchev–Trinajstić information content (AvgIpc) is 2.85. The lowest BCUT2D eigenvalue weighted by Gasteiger charge is -2.36. The molecule has 2 rings (SSSR count). The van der Waals surface area contributed by atoms with Gasteiger partial charge in [0, 0.05) is 52.2 Å². The lowest BCUT2D eigenvalue weighted by molar-refractivity contribution is -0.127. The van der Waals surface area contributed by atoms with Crippen LogP contribution in [0.3, 0.4) is 0 Å². The zero-order chi connectivity index (χ0) is 18.8. The lowest BCUT2D eigenvalue weighted by atomic mass is 10.2. The van der Waals surface area contributed by atoms with E-state index in [4.69, 9.17) is 4.74 Å². The van der Waals surface area contributed by atoms with E-state index in [0.29, 0.717) is 39.3 Å². The van der Waals surface area contributed by atoms with Crippen LogP contribution in [0.5, 0.6) is 0 Å². The molecule has 2 aliphatic rings. The van der Waals surface area contributed by atoms with Crippen molar-refractivity contribution in [1.29, 1.82) is 0 Å². The number of piperazine rings is 1. The second-order valence-electron chi connectivity index (χ2n) is 7.45. The normalized spacial score (nSPS) is 23.2. The van der Waals surface area contributed by atoms with Crippen molar-refractivity contribution in [2.45, 2.75) is 38.0 Å². The molecular weight excluding hydrogens is 353 g/mol. The Bertz CT molecular complexity index is 611. The van der Waals surface area contributed by atoms with E-state index in [9.17, 15) is 21.9 Å². The van der Waals surface area contributed by atoms with Crippen LogP contribution in [0.25, 0.3) is 0 Å². The Kier molecular flexibility index (Phi) is 5.93. The number of hydrogen-bond donors (Lipinski definition) is 0. The third kappa shape index (κ3) is 5.81. The van der Waals surface area contributed by atoms with Crippen LogP contribution in [0.15, 0.2) is 0 Å². The summed E-state index contributed by atoms with van der Waals surface area (Å²) >= 11 is 0. The quantitative estimate of drug-likeness (QED) is 0.659. The van der Waals surface area contributed by atoms with E-state index >= 15 is 0 Å². The van der Waals surface area contributed by atoms with Gasteiger partial charge in [-0.3, -0.25) is 9.69 Å². The summed E-state index contributed by atoms with van der Waals surface area (Å²) < 4.78 is 40.2. The molecule has 2 heterocycles. The first-order valence-corrected chi connectivity index (χ1v) is 9.82. The van der Waals surface area contributed by atoms with Crippen molar-refractivity contribution >= 4 is 22.2 Å². The van der Waals surface area contributed by atoms with Crippen molar-refractivity contribution in [3.63, 3.8) is 0 Å². The third-order valence-electron chi connectivity index (χ3n) is 4.29. The third-order valence-corrected chi connectivity index (χ3v) is 5.40. The number of rotatable bonds is 4. The highest BCUT2D eigenvalue weighted by Gasteiger charge is 2.38. The Labute approximate surface area is 148 Å². The minimum absolute atomic E-state index is 0.0878. The highest BCUT2D eigenvalue weighted by Crippen LogP contribution is 2.19. The fraction of sp³-hybridized carbons (Fsp3) is 0.867. The molecule has 2 amide bonds. The van der Waals surface area contributed by atoms with Gasteiger partial charge in [0.2, 0.25) is 5.91 Å². The molecule has 2 saturated heterocycles. The highest BCUT2D eigenvalue weighted by atomic mass is 32.3. The molecule has 0 N–H and O–H groups in total. The smallest absolute Gasteiger partial charge is 0.410 e. The monoisotopic (exact) mass is 379 g/mol. The minimum Gasteiger partial charge on any atom is -0.444 e. The zero-order valence-corrected chi connectivity index (χ0v) is 15.7. The van der Waals surface area contributed by atoms with Crippen LogP contribution >= 0.6 is 0 Å². The van der Waals surface area contributed by atoms with Crippen LogP contribution in [0.2, 0.25) is 0 Å². The summed E-state index contributed by atoms with van der Waals surface area (Å²) in [5.74, 6) is -0.335. The van der Waals surface area contributed by atoms with E-state index in [2.05, 4.69) is 4.90 Å². The number of hydrogen-bond acceptors (Lipinski definition) is 6. The molecule has 10 heteroatoms. The summed E-state index contributed by atoms with van der Waals surface area (Å²) in [6, 6.07) is 0. The van der Waals surface area contributed by atoms with Crippen molar-refractivity contribution in [2.75, 3.05) is 45.8 Å². The van der Waals surface area contributed by atoms with Gasteiger partial charge in [-0.15, -0.1) is 3.89 Å². The number of ether oxygens (including phenoxy) is 1. The molecule has 0 aromatic rings. The average molecular weight is 379 g/mol. The number of amides is 2. The van der Waals surface area contributed by atoms with Crippen LogP contribution in [-0.2, 0) is 19.8 Å². The van der Waals surface area contributed by atoms with Gasteiger partial charge in [0.25, 0.3) is 0 Å². The van der Waals surface area contributed by atoms with E-state index in [1.54, 1.807) is 4.90 Å². The Morgan fingerprint density at radius 3 is 2.28 bits per heavy atom. The van der Waals surface area contributed by atoms with Crippen LogP contribution < -0.4 is 0 Å². The van der Waals surface area contributed by atoms with Gasteiger partial charge in [0.15, 0.2) is 0 Å². The summed E-state index contributed by atoms with van der Waals surface area (Å²) in [4.78, 5) is 28.9. The van der Waals surface area contributed by atoms with Gasteiger partial charge in [0.05, 0.1) is 0 Å². The number of halogens is 1. The van der Waals surface area contributed by atoms with Crippen molar-refractivity contribution in [3.8, 4) is 0 Å². The van der Waals surface area contributed by atoms with Crippen molar-refractivity contribution in [2.24, 2.45) is 0 Å². The van der Waals surface area contributed by atoms with E-state index in [1.165, 1.54) is 4.90 Å². The number of nitrogens with zero attached hydrogens (tertiary/aromatic N) is 3. The van der Waals surface area contributed by atoms with E-state index < -0.39 is 21.1 Å². The molecule has 25 heavy (non-hydrogen) atoms. The first-order valence-electron chi connectivity index (χ1n) is 8.37. The molecule has 0 aromatic heterocycles. The largest absolute Gasteiger partial charge is 0.444 e. The molecule has 8 nitrogen and oxygen atoms in total. The number of carbonyl (C=O) groups excluding carboxylic acids is 2. The molecular formula is C15H26FN3O5S. The van der Waals surface area contributed by atoms with Crippen molar-refractivity contribution in [3.05, 3.63) is 0 Å². The topological polar surface area (TPSA) is 87.2 Å². The van der Waals surface area contributed by atoms with E-state index in [-0.39, 0.29) is 25.0 Å². The first kappa shape index (κ1) is 19.9. The van der Waals surface area contributed by atoms with E-state index in [0.717, 1.165) is 0 Å². The maximum absolute atomic E-state index is 13.0. The van der Waals surface area contributed by atoms with E-state index in [1.807, 2.05) is 20.8 Å². The summed E-state index contributed by atoms with van der Waals surface area (Å²) in [6.45, 7) is 8.64. The molecule has 0 aliphatic carbocycles. The zero-order valence-electron chi connectivity index (χ0n) is 14.9. The van der Waals surface area contributed by atoms with Gasteiger partial charge in [-0.2, -0.15) is 8.42 Å².